The van der Waals surface area contributed by atoms with Crippen molar-refractivity contribution < 1.29 is 4.74 Å². The van der Waals surface area contributed by atoms with Crippen LogP contribution in [0, 0.1) is 5.92 Å². The van der Waals surface area contributed by atoms with Crippen LogP contribution >= 0.6 is 11.8 Å². The summed E-state index contributed by atoms with van der Waals surface area (Å²) in [5, 5.41) is 3.82. The van der Waals surface area contributed by atoms with Crippen LogP contribution in [0.5, 0.6) is 0 Å². The summed E-state index contributed by atoms with van der Waals surface area (Å²) in [5.41, 5.74) is 0.278. The van der Waals surface area contributed by atoms with E-state index in [0.717, 1.165) is 18.6 Å². The first-order chi connectivity index (χ1) is 8.36. The van der Waals surface area contributed by atoms with E-state index in [1.165, 1.54) is 63.0 Å². The third-order valence-electron chi connectivity index (χ3n) is 4.73. The van der Waals surface area contributed by atoms with Crippen LogP contribution < -0.4 is 5.32 Å². The molecule has 1 N–H and O–H groups in total. The summed E-state index contributed by atoms with van der Waals surface area (Å²) in [4.78, 5) is 0. The predicted molar refractivity (Wildman–Crippen MR) is 73.6 cm³/mol. The minimum atomic E-state index is 0.278. The zero-order valence-corrected chi connectivity index (χ0v) is 11.6. The molecular weight excluding hydrogens is 230 g/mol. The van der Waals surface area contributed by atoms with Crippen LogP contribution in [0.1, 0.15) is 44.9 Å². The van der Waals surface area contributed by atoms with Gasteiger partial charge in [-0.15, -0.1) is 0 Å². The summed E-state index contributed by atoms with van der Waals surface area (Å²) in [7, 11) is 0. The second-order valence-corrected chi connectivity index (χ2v) is 7.22. The van der Waals surface area contributed by atoms with Crippen LogP contribution in [0.4, 0.5) is 0 Å². The zero-order chi connectivity index (χ0) is 11.6. The van der Waals surface area contributed by atoms with Crippen LogP contribution in [0.15, 0.2) is 0 Å². The first-order valence-electron chi connectivity index (χ1n) is 7.31. The van der Waals surface area contributed by atoms with Crippen molar-refractivity contribution in [3.8, 4) is 0 Å². The molecule has 1 saturated carbocycles. The van der Waals surface area contributed by atoms with Crippen molar-refractivity contribution in [1.82, 2.24) is 5.32 Å². The maximum absolute atomic E-state index is 6.08. The zero-order valence-electron chi connectivity index (χ0n) is 10.7. The van der Waals surface area contributed by atoms with Gasteiger partial charge in [0.25, 0.3) is 0 Å². The Morgan fingerprint density at radius 3 is 2.88 bits per heavy atom. The molecule has 1 aliphatic carbocycles. The molecule has 2 heterocycles. The lowest BCUT2D eigenvalue weighted by molar-refractivity contribution is -0.0837. The van der Waals surface area contributed by atoms with E-state index in [0.29, 0.717) is 0 Å². The van der Waals surface area contributed by atoms with Gasteiger partial charge < -0.3 is 10.1 Å². The number of hydrogen-bond acceptors (Lipinski definition) is 3. The number of rotatable bonds is 3. The van der Waals surface area contributed by atoms with Crippen molar-refractivity contribution in [3.63, 3.8) is 0 Å². The van der Waals surface area contributed by atoms with Gasteiger partial charge in [-0.3, -0.25) is 0 Å². The molecule has 3 fully saturated rings. The Kier molecular flexibility index (Phi) is 3.98. The molecule has 3 heteroatoms. The van der Waals surface area contributed by atoms with Crippen molar-refractivity contribution >= 4 is 11.8 Å². The van der Waals surface area contributed by atoms with E-state index in [2.05, 4.69) is 17.1 Å². The molecule has 0 radical (unpaired) electrons. The lowest BCUT2D eigenvalue weighted by Crippen LogP contribution is -2.46. The Hall–Kier alpha value is 0.270. The summed E-state index contributed by atoms with van der Waals surface area (Å²) < 4.78 is 6.08. The van der Waals surface area contributed by atoms with Gasteiger partial charge in [0.1, 0.15) is 0 Å². The quantitative estimate of drug-likeness (QED) is 0.838. The molecule has 2 saturated heterocycles. The molecule has 0 bridgehead atoms. The highest BCUT2D eigenvalue weighted by Crippen LogP contribution is 2.40. The van der Waals surface area contributed by atoms with Crippen LogP contribution in [0.25, 0.3) is 0 Å². The van der Waals surface area contributed by atoms with Crippen molar-refractivity contribution in [2.45, 2.75) is 56.6 Å². The van der Waals surface area contributed by atoms with Crippen LogP contribution in [-0.2, 0) is 4.74 Å². The molecule has 98 valence electrons. The SMILES string of the molecule is C1CCC2(C1)CC(NCC1CCSC1)CCO2. The summed E-state index contributed by atoms with van der Waals surface area (Å²) in [6, 6.07) is 0.729. The fraction of sp³-hybridized carbons (Fsp3) is 1.00. The van der Waals surface area contributed by atoms with Gasteiger partial charge in [0.05, 0.1) is 5.60 Å². The Labute approximate surface area is 109 Å². The van der Waals surface area contributed by atoms with Crippen molar-refractivity contribution in [1.29, 1.82) is 0 Å². The van der Waals surface area contributed by atoms with Gasteiger partial charge in [0.15, 0.2) is 0 Å². The number of thioether (sulfide) groups is 1. The second kappa shape index (κ2) is 5.50. The fourth-order valence-corrected chi connectivity index (χ4v) is 4.93. The third-order valence-corrected chi connectivity index (χ3v) is 5.96. The first kappa shape index (κ1) is 12.3. The topological polar surface area (TPSA) is 21.3 Å². The van der Waals surface area contributed by atoms with E-state index in [9.17, 15) is 0 Å². The van der Waals surface area contributed by atoms with Crippen molar-refractivity contribution in [2.24, 2.45) is 5.92 Å². The van der Waals surface area contributed by atoms with Gasteiger partial charge in [-0.05, 0) is 56.1 Å². The summed E-state index contributed by atoms with van der Waals surface area (Å²) >= 11 is 2.12. The number of hydrogen-bond donors (Lipinski definition) is 1. The van der Waals surface area contributed by atoms with E-state index in [1.54, 1.807) is 0 Å². The molecule has 2 aliphatic heterocycles. The van der Waals surface area contributed by atoms with Gasteiger partial charge >= 0.3 is 0 Å². The van der Waals surface area contributed by atoms with E-state index in [1.807, 2.05) is 0 Å². The van der Waals surface area contributed by atoms with Gasteiger partial charge in [0.2, 0.25) is 0 Å². The number of ether oxygens (including phenoxy) is 1. The normalized spacial score (nSPS) is 36.7. The van der Waals surface area contributed by atoms with E-state index in [-0.39, 0.29) is 5.60 Å². The monoisotopic (exact) mass is 255 g/mol. The molecule has 2 unspecified atom stereocenters. The molecule has 3 rings (SSSR count). The largest absolute Gasteiger partial charge is 0.375 e. The summed E-state index contributed by atoms with van der Waals surface area (Å²) in [5.74, 6) is 3.69. The van der Waals surface area contributed by atoms with Crippen LogP contribution in [0.2, 0.25) is 0 Å². The predicted octanol–water partition coefficient (Wildman–Crippen LogP) is 2.82. The fourth-order valence-electron chi connectivity index (χ4n) is 3.65. The molecular formula is C14H25NOS. The molecule has 0 aromatic heterocycles. The van der Waals surface area contributed by atoms with Crippen molar-refractivity contribution in [3.05, 3.63) is 0 Å². The smallest absolute Gasteiger partial charge is 0.0697 e. The first-order valence-corrected chi connectivity index (χ1v) is 8.47. The Morgan fingerprint density at radius 1 is 1.24 bits per heavy atom. The molecule has 0 aromatic rings. The highest BCUT2D eigenvalue weighted by Gasteiger charge is 2.39. The second-order valence-electron chi connectivity index (χ2n) is 6.07. The highest BCUT2D eigenvalue weighted by atomic mass is 32.2. The Bertz CT molecular complexity index is 247. The highest BCUT2D eigenvalue weighted by molar-refractivity contribution is 7.99. The molecule has 3 aliphatic rings. The molecule has 17 heavy (non-hydrogen) atoms. The van der Waals surface area contributed by atoms with E-state index in [4.69, 9.17) is 4.74 Å². The van der Waals surface area contributed by atoms with E-state index >= 15 is 0 Å². The maximum atomic E-state index is 6.08. The third kappa shape index (κ3) is 2.99. The molecule has 0 aromatic carbocycles. The van der Waals surface area contributed by atoms with Gasteiger partial charge in [-0.2, -0.15) is 11.8 Å². The summed E-state index contributed by atoms with van der Waals surface area (Å²) in [6.07, 6.45) is 9.30. The van der Waals surface area contributed by atoms with E-state index < -0.39 is 0 Å². The molecule has 1 spiro atoms. The standard InChI is InChI=1S/C14H25NOS/c1-2-6-14(5-1)9-13(3-7-16-14)15-10-12-4-8-17-11-12/h12-13,15H,1-11H2. The molecule has 2 atom stereocenters. The number of nitrogens with one attached hydrogen (secondary N) is 1. The van der Waals surface area contributed by atoms with Gasteiger partial charge in [-0.1, -0.05) is 12.8 Å². The minimum absolute atomic E-state index is 0.278. The molecule has 2 nitrogen and oxygen atoms in total. The average molecular weight is 255 g/mol. The van der Waals surface area contributed by atoms with Crippen LogP contribution in [0.3, 0.4) is 0 Å². The Balaban J connectivity index is 1.46. The van der Waals surface area contributed by atoms with Gasteiger partial charge in [-0.25, -0.2) is 0 Å². The lowest BCUT2D eigenvalue weighted by Gasteiger charge is -2.39. The Morgan fingerprint density at radius 2 is 2.12 bits per heavy atom. The van der Waals surface area contributed by atoms with Crippen molar-refractivity contribution in [2.75, 3.05) is 24.7 Å². The maximum Gasteiger partial charge on any atom is 0.0697 e. The van der Waals surface area contributed by atoms with Crippen LogP contribution in [-0.4, -0.2) is 36.3 Å². The minimum Gasteiger partial charge on any atom is -0.375 e. The molecule has 0 amide bonds. The summed E-state index contributed by atoms with van der Waals surface area (Å²) in [6.45, 7) is 2.23. The van der Waals surface area contributed by atoms with Gasteiger partial charge in [0, 0.05) is 12.6 Å². The average Bonchev–Trinajstić information content (AvgIpc) is 2.99. The lowest BCUT2D eigenvalue weighted by atomic mass is 9.88.